The van der Waals surface area contributed by atoms with Crippen LogP contribution in [0.4, 0.5) is 5.69 Å². The van der Waals surface area contributed by atoms with Crippen LogP contribution < -0.4 is 10.4 Å². The highest BCUT2D eigenvalue weighted by Gasteiger charge is 2.09. The summed E-state index contributed by atoms with van der Waals surface area (Å²) in [6.45, 7) is 2.30. The Labute approximate surface area is 146 Å². The van der Waals surface area contributed by atoms with Crippen LogP contribution in [0.2, 0.25) is 0 Å². The fourth-order valence-corrected chi connectivity index (χ4v) is 2.70. The molecular weight excluding hydrogens is 374 g/mol. The minimum absolute atomic E-state index is 0.0376. The average molecular weight is 388 g/mol. The fraction of sp³-hybridized carbons (Fsp3) is 0.111. The maximum Gasteiger partial charge on any atom is 0.336 e. The van der Waals surface area contributed by atoms with E-state index in [4.69, 9.17) is 9.15 Å². The van der Waals surface area contributed by atoms with Crippen LogP contribution in [0.25, 0.3) is 11.0 Å². The molecule has 0 aliphatic heterocycles. The van der Waals surface area contributed by atoms with E-state index in [1.165, 1.54) is 6.07 Å². The lowest BCUT2D eigenvalue weighted by molar-refractivity contribution is 0.317. The summed E-state index contributed by atoms with van der Waals surface area (Å²) in [6, 6.07) is 11.7. The first-order chi connectivity index (χ1) is 11.6. The summed E-state index contributed by atoms with van der Waals surface area (Å²) in [5.74, 6) is 0.434. The number of nitrogens with zero attached hydrogens (tertiary/aromatic N) is 1. The molecule has 0 aliphatic rings. The van der Waals surface area contributed by atoms with Gasteiger partial charge in [-0.2, -0.15) is 0 Å². The molecule has 122 valence electrons. The van der Waals surface area contributed by atoms with E-state index in [9.17, 15) is 9.90 Å². The van der Waals surface area contributed by atoms with Gasteiger partial charge in [-0.1, -0.05) is 15.9 Å². The van der Waals surface area contributed by atoms with Crippen LogP contribution in [-0.4, -0.2) is 17.9 Å². The molecule has 0 saturated heterocycles. The van der Waals surface area contributed by atoms with Gasteiger partial charge < -0.3 is 14.3 Å². The number of ether oxygens (including phenoxy) is 1. The van der Waals surface area contributed by atoms with E-state index < -0.39 is 0 Å². The van der Waals surface area contributed by atoms with Gasteiger partial charge in [0.1, 0.15) is 5.58 Å². The summed E-state index contributed by atoms with van der Waals surface area (Å²) in [5.41, 5.74) is 1.33. The zero-order chi connectivity index (χ0) is 17.1. The van der Waals surface area contributed by atoms with Gasteiger partial charge in [-0.25, -0.2) is 4.79 Å². The fourth-order valence-electron chi connectivity index (χ4n) is 2.24. The Bertz CT molecular complexity index is 978. The summed E-state index contributed by atoms with van der Waals surface area (Å²) in [4.78, 5) is 15.6. The van der Waals surface area contributed by atoms with Crippen molar-refractivity contribution in [2.75, 3.05) is 6.61 Å². The van der Waals surface area contributed by atoms with Crippen molar-refractivity contribution in [3.8, 4) is 11.5 Å². The van der Waals surface area contributed by atoms with Crippen molar-refractivity contribution >= 4 is 38.8 Å². The molecule has 0 bridgehead atoms. The van der Waals surface area contributed by atoms with Crippen molar-refractivity contribution in [2.45, 2.75) is 6.92 Å². The Morgan fingerprint density at radius 3 is 2.88 bits per heavy atom. The zero-order valence-electron chi connectivity index (χ0n) is 12.8. The first kappa shape index (κ1) is 16.3. The number of rotatable bonds is 4. The third-order valence-electron chi connectivity index (χ3n) is 3.32. The van der Waals surface area contributed by atoms with E-state index in [2.05, 4.69) is 20.9 Å². The van der Waals surface area contributed by atoms with Crippen LogP contribution in [0.15, 0.2) is 61.1 Å². The maximum atomic E-state index is 11.2. The Morgan fingerprint density at radius 1 is 1.25 bits per heavy atom. The third-order valence-corrected chi connectivity index (χ3v) is 3.78. The van der Waals surface area contributed by atoms with Gasteiger partial charge in [0.15, 0.2) is 11.5 Å². The van der Waals surface area contributed by atoms with Gasteiger partial charge in [-0.3, -0.25) is 4.99 Å². The van der Waals surface area contributed by atoms with Gasteiger partial charge in [0.05, 0.1) is 12.3 Å². The van der Waals surface area contributed by atoms with Crippen LogP contribution in [0.3, 0.4) is 0 Å². The molecule has 0 spiro atoms. The second kappa shape index (κ2) is 6.88. The largest absolute Gasteiger partial charge is 0.504 e. The predicted octanol–water partition coefficient (Wildman–Crippen LogP) is 4.41. The van der Waals surface area contributed by atoms with Gasteiger partial charge in [-0.15, -0.1) is 0 Å². The van der Waals surface area contributed by atoms with Gasteiger partial charge in [-0.05, 0) is 43.3 Å². The second-order valence-electron chi connectivity index (χ2n) is 5.01. The highest BCUT2D eigenvalue weighted by Crippen LogP contribution is 2.33. The number of aromatic hydroxyl groups is 1. The van der Waals surface area contributed by atoms with E-state index in [-0.39, 0.29) is 11.4 Å². The number of phenolic OH excluding ortho intramolecular Hbond substituents is 1. The number of benzene rings is 2. The van der Waals surface area contributed by atoms with E-state index in [0.29, 0.717) is 29.2 Å². The summed E-state index contributed by atoms with van der Waals surface area (Å²) < 4.78 is 11.3. The molecule has 2 aromatic carbocycles. The standard InChI is InChI=1S/C18H14BrNO4/c1-2-23-16-9-13(19)7-12(18(16)22)10-20-14-4-5-15-11(8-14)3-6-17(21)24-15/h3-10,22H,2H2,1H3. The van der Waals surface area contributed by atoms with Gasteiger partial charge in [0.2, 0.25) is 0 Å². The van der Waals surface area contributed by atoms with Crippen molar-refractivity contribution in [3.05, 3.63) is 62.9 Å². The van der Waals surface area contributed by atoms with Gasteiger partial charge in [0.25, 0.3) is 0 Å². The van der Waals surface area contributed by atoms with E-state index in [1.54, 1.807) is 42.6 Å². The number of halogens is 1. The Hall–Kier alpha value is -2.60. The molecular formula is C18H14BrNO4. The monoisotopic (exact) mass is 387 g/mol. The van der Waals surface area contributed by atoms with E-state index in [1.807, 2.05) is 6.92 Å². The molecule has 0 radical (unpaired) electrons. The lowest BCUT2D eigenvalue weighted by Gasteiger charge is -2.08. The Morgan fingerprint density at radius 2 is 2.08 bits per heavy atom. The molecule has 0 aliphatic carbocycles. The molecule has 0 amide bonds. The normalized spacial score (nSPS) is 11.2. The Kier molecular flexibility index (Phi) is 4.66. The van der Waals surface area contributed by atoms with Crippen molar-refractivity contribution in [1.82, 2.24) is 0 Å². The lowest BCUT2D eigenvalue weighted by Crippen LogP contribution is -1.94. The highest BCUT2D eigenvalue weighted by atomic mass is 79.9. The molecule has 6 heteroatoms. The smallest absolute Gasteiger partial charge is 0.336 e. The van der Waals surface area contributed by atoms with Gasteiger partial charge >= 0.3 is 5.63 Å². The second-order valence-corrected chi connectivity index (χ2v) is 5.93. The molecule has 1 aromatic heterocycles. The minimum atomic E-state index is -0.388. The summed E-state index contributed by atoms with van der Waals surface area (Å²) in [5, 5.41) is 11.0. The van der Waals surface area contributed by atoms with Crippen molar-refractivity contribution in [1.29, 1.82) is 0 Å². The predicted molar refractivity (Wildman–Crippen MR) is 96.7 cm³/mol. The molecule has 24 heavy (non-hydrogen) atoms. The van der Waals surface area contributed by atoms with Crippen LogP contribution in [-0.2, 0) is 0 Å². The average Bonchev–Trinajstić information content (AvgIpc) is 2.56. The van der Waals surface area contributed by atoms with E-state index >= 15 is 0 Å². The first-order valence-electron chi connectivity index (χ1n) is 7.30. The molecule has 0 unspecified atom stereocenters. The molecule has 0 fully saturated rings. The molecule has 0 saturated carbocycles. The molecule has 1 N–H and O–H groups in total. The van der Waals surface area contributed by atoms with Crippen LogP contribution in [0, 0.1) is 0 Å². The topological polar surface area (TPSA) is 72.0 Å². The van der Waals surface area contributed by atoms with E-state index in [0.717, 1.165) is 9.86 Å². The number of hydrogen-bond acceptors (Lipinski definition) is 5. The molecule has 1 heterocycles. The minimum Gasteiger partial charge on any atom is -0.504 e. The summed E-state index contributed by atoms with van der Waals surface area (Å²) >= 11 is 3.39. The summed E-state index contributed by atoms with van der Waals surface area (Å²) in [6.07, 6.45) is 1.56. The number of fused-ring (bicyclic) bond motifs is 1. The third kappa shape index (κ3) is 3.49. The maximum absolute atomic E-state index is 11.2. The molecule has 0 atom stereocenters. The molecule has 3 rings (SSSR count). The highest BCUT2D eigenvalue weighted by molar-refractivity contribution is 9.10. The lowest BCUT2D eigenvalue weighted by atomic mass is 10.2. The van der Waals surface area contributed by atoms with Gasteiger partial charge in [0, 0.05) is 27.7 Å². The van der Waals surface area contributed by atoms with Crippen molar-refractivity contribution in [3.63, 3.8) is 0 Å². The zero-order valence-corrected chi connectivity index (χ0v) is 14.4. The number of phenols is 1. The van der Waals surface area contributed by atoms with Crippen molar-refractivity contribution in [2.24, 2.45) is 4.99 Å². The van der Waals surface area contributed by atoms with Crippen LogP contribution in [0.1, 0.15) is 12.5 Å². The summed E-state index contributed by atoms with van der Waals surface area (Å²) in [7, 11) is 0. The first-order valence-corrected chi connectivity index (χ1v) is 8.09. The van der Waals surface area contributed by atoms with Crippen molar-refractivity contribution < 1.29 is 14.3 Å². The SMILES string of the molecule is CCOc1cc(Br)cc(C=Nc2ccc3oc(=O)ccc3c2)c1O. The number of hydrogen-bond donors (Lipinski definition) is 1. The molecule has 3 aromatic rings. The van der Waals surface area contributed by atoms with Crippen LogP contribution in [0.5, 0.6) is 11.5 Å². The quantitative estimate of drug-likeness (QED) is 0.531. The molecule has 5 nitrogen and oxygen atoms in total. The van der Waals surface area contributed by atoms with Crippen LogP contribution >= 0.6 is 15.9 Å². The number of aliphatic imine (C=N–C) groups is 1. The Balaban J connectivity index is 1.96.